The lowest BCUT2D eigenvalue weighted by atomic mass is 9.90. The van der Waals surface area contributed by atoms with E-state index in [0.717, 1.165) is 10.9 Å². The fourth-order valence-electron chi connectivity index (χ4n) is 2.65. The van der Waals surface area contributed by atoms with Crippen molar-refractivity contribution in [3.63, 3.8) is 0 Å². The van der Waals surface area contributed by atoms with Crippen molar-refractivity contribution in [2.45, 2.75) is 39.5 Å². The second-order valence-electron chi connectivity index (χ2n) is 5.47. The van der Waals surface area contributed by atoms with Crippen LogP contribution in [0.5, 0.6) is 0 Å². The predicted octanol–water partition coefficient (Wildman–Crippen LogP) is 6.21. The molecule has 2 aromatic carbocycles. The van der Waals surface area contributed by atoms with Crippen LogP contribution >= 0.6 is 27.5 Å². The van der Waals surface area contributed by atoms with Gasteiger partial charge < -0.3 is 0 Å². The van der Waals surface area contributed by atoms with Gasteiger partial charge in [0.15, 0.2) is 0 Å². The topological polar surface area (TPSA) is 0 Å². The van der Waals surface area contributed by atoms with Gasteiger partial charge in [-0.3, -0.25) is 0 Å². The highest BCUT2D eigenvalue weighted by atomic mass is 79.9. The molecule has 106 valence electrons. The quantitative estimate of drug-likeness (QED) is 0.577. The molecule has 0 saturated carbocycles. The van der Waals surface area contributed by atoms with Crippen LogP contribution in [0.15, 0.2) is 34.8 Å². The summed E-state index contributed by atoms with van der Waals surface area (Å²) in [5, 5.41) is 0.0229. The molecule has 2 heteroatoms. The molecule has 1 unspecified atom stereocenters. The minimum absolute atomic E-state index is 0.0229. The number of aryl methyl sites for hydroxylation is 2. The number of rotatable bonds is 3. The maximum absolute atomic E-state index is 6.72. The molecule has 0 aliphatic rings. The normalized spacial score (nSPS) is 12.5. The van der Waals surface area contributed by atoms with Crippen molar-refractivity contribution in [1.29, 1.82) is 0 Å². The van der Waals surface area contributed by atoms with Gasteiger partial charge in [-0.1, -0.05) is 34.1 Å². The number of hydrogen-bond acceptors (Lipinski definition) is 0. The summed E-state index contributed by atoms with van der Waals surface area (Å²) in [6.07, 6.45) is 0.861. The second-order valence-corrected chi connectivity index (χ2v) is 6.91. The molecule has 0 bridgehead atoms. The molecule has 0 saturated heterocycles. The first-order chi connectivity index (χ1) is 9.40. The van der Waals surface area contributed by atoms with Crippen molar-refractivity contribution in [3.05, 3.63) is 68.2 Å². The molecule has 0 heterocycles. The molecule has 0 spiro atoms. The van der Waals surface area contributed by atoms with Crippen LogP contribution in [0.25, 0.3) is 0 Å². The van der Waals surface area contributed by atoms with Crippen molar-refractivity contribution < 1.29 is 0 Å². The summed E-state index contributed by atoms with van der Waals surface area (Å²) in [5.41, 5.74) is 7.86. The van der Waals surface area contributed by atoms with Crippen LogP contribution < -0.4 is 0 Å². The third-order valence-corrected chi connectivity index (χ3v) is 4.97. The lowest BCUT2D eigenvalue weighted by molar-refractivity contribution is 0.892. The van der Waals surface area contributed by atoms with Crippen molar-refractivity contribution in [2.24, 2.45) is 0 Å². The van der Waals surface area contributed by atoms with E-state index in [1.165, 1.54) is 33.4 Å². The fraction of sp³-hybridized carbons (Fsp3) is 0.333. The Balaban J connectivity index is 2.34. The standard InChI is InChI=1S/C18H20BrCl/c1-11-9-12(2)14(4)18(13(11)3)17(20)10-15-5-7-16(19)8-6-15/h5-9,17H,10H2,1-4H3. The first-order valence-electron chi connectivity index (χ1n) is 6.86. The molecule has 0 fully saturated rings. The van der Waals surface area contributed by atoms with E-state index in [9.17, 15) is 0 Å². The molecule has 0 amide bonds. The van der Waals surface area contributed by atoms with E-state index in [1.54, 1.807) is 0 Å². The number of hydrogen-bond donors (Lipinski definition) is 0. The summed E-state index contributed by atoms with van der Waals surface area (Å²) in [7, 11) is 0. The lowest BCUT2D eigenvalue weighted by Crippen LogP contribution is -2.04. The highest BCUT2D eigenvalue weighted by Crippen LogP contribution is 2.33. The molecular weight excluding hydrogens is 332 g/mol. The highest BCUT2D eigenvalue weighted by Gasteiger charge is 2.17. The Morgan fingerprint density at radius 1 is 0.950 bits per heavy atom. The zero-order chi connectivity index (χ0) is 14.9. The lowest BCUT2D eigenvalue weighted by Gasteiger charge is -2.20. The molecule has 0 nitrogen and oxygen atoms in total. The molecule has 0 aliphatic heterocycles. The summed E-state index contributed by atoms with van der Waals surface area (Å²) in [4.78, 5) is 0. The summed E-state index contributed by atoms with van der Waals surface area (Å²) in [6, 6.07) is 10.7. The third-order valence-electron chi connectivity index (χ3n) is 4.07. The summed E-state index contributed by atoms with van der Waals surface area (Å²) in [6.45, 7) is 8.67. The molecule has 20 heavy (non-hydrogen) atoms. The maximum atomic E-state index is 6.72. The van der Waals surface area contributed by atoms with Gasteiger partial charge in [0.1, 0.15) is 0 Å². The minimum Gasteiger partial charge on any atom is -0.117 e. The monoisotopic (exact) mass is 350 g/mol. The van der Waals surface area contributed by atoms with Crippen molar-refractivity contribution >= 4 is 27.5 Å². The Kier molecular flexibility index (Phi) is 4.93. The maximum Gasteiger partial charge on any atom is 0.0630 e. The van der Waals surface area contributed by atoms with E-state index in [2.05, 4.69) is 74.0 Å². The molecule has 0 aromatic heterocycles. The van der Waals surface area contributed by atoms with Crippen LogP contribution in [0.3, 0.4) is 0 Å². The van der Waals surface area contributed by atoms with Gasteiger partial charge in [-0.05, 0) is 79.6 Å². The van der Waals surface area contributed by atoms with Crippen LogP contribution in [0.2, 0.25) is 0 Å². The van der Waals surface area contributed by atoms with E-state index in [0.29, 0.717) is 0 Å². The van der Waals surface area contributed by atoms with Gasteiger partial charge in [0.2, 0.25) is 0 Å². The first kappa shape index (κ1) is 15.6. The smallest absolute Gasteiger partial charge is 0.0630 e. The zero-order valence-electron chi connectivity index (χ0n) is 12.4. The van der Waals surface area contributed by atoms with Gasteiger partial charge >= 0.3 is 0 Å². The third kappa shape index (κ3) is 3.27. The Morgan fingerprint density at radius 3 is 1.95 bits per heavy atom. The second kappa shape index (κ2) is 6.32. The summed E-state index contributed by atoms with van der Waals surface area (Å²) >= 11 is 10.2. The van der Waals surface area contributed by atoms with Gasteiger partial charge in [0.05, 0.1) is 5.38 Å². The van der Waals surface area contributed by atoms with Gasteiger partial charge in [-0.2, -0.15) is 0 Å². The summed E-state index contributed by atoms with van der Waals surface area (Å²) in [5.74, 6) is 0. The molecule has 2 rings (SSSR count). The largest absolute Gasteiger partial charge is 0.117 e. The average molecular weight is 352 g/mol. The molecule has 1 atom stereocenters. The van der Waals surface area contributed by atoms with Gasteiger partial charge in [-0.25, -0.2) is 0 Å². The molecule has 0 N–H and O–H groups in total. The van der Waals surface area contributed by atoms with Gasteiger partial charge in [0, 0.05) is 4.47 Å². The number of alkyl halides is 1. The minimum atomic E-state index is 0.0229. The fourth-order valence-corrected chi connectivity index (χ4v) is 3.42. The van der Waals surface area contributed by atoms with E-state index in [4.69, 9.17) is 11.6 Å². The molecule has 0 radical (unpaired) electrons. The van der Waals surface area contributed by atoms with E-state index >= 15 is 0 Å². The van der Waals surface area contributed by atoms with Crippen molar-refractivity contribution in [1.82, 2.24) is 0 Å². The molecular formula is C18H20BrCl. The van der Waals surface area contributed by atoms with E-state index in [1.807, 2.05) is 0 Å². The Bertz CT molecular complexity index is 588. The van der Waals surface area contributed by atoms with Crippen LogP contribution in [0.1, 0.15) is 38.8 Å². The number of benzene rings is 2. The predicted molar refractivity (Wildman–Crippen MR) is 91.8 cm³/mol. The van der Waals surface area contributed by atoms with E-state index in [-0.39, 0.29) is 5.38 Å². The van der Waals surface area contributed by atoms with Crippen LogP contribution in [0.4, 0.5) is 0 Å². The van der Waals surface area contributed by atoms with Gasteiger partial charge in [-0.15, -0.1) is 11.6 Å². The molecule has 2 aromatic rings. The van der Waals surface area contributed by atoms with Crippen molar-refractivity contribution in [2.75, 3.05) is 0 Å². The highest BCUT2D eigenvalue weighted by molar-refractivity contribution is 9.10. The Morgan fingerprint density at radius 2 is 1.45 bits per heavy atom. The Labute approximate surface area is 135 Å². The Hall–Kier alpha value is -0.790. The number of halogens is 2. The van der Waals surface area contributed by atoms with Crippen LogP contribution in [0, 0.1) is 27.7 Å². The first-order valence-corrected chi connectivity index (χ1v) is 8.09. The molecule has 0 aliphatic carbocycles. The SMILES string of the molecule is Cc1cc(C)c(C)c(C(Cl)Cc2ccc(Br)cc2)c1C. The van der Waals surface area contributed by atoms with Crippen LogP contribution in [-0.4, -0.2) is 0 Å². The van der Waals surface area contributed by atoms with Crippen LogP contribution in [-0.2, 0) is 6.42 Å². The van der Waals surface area contributed by atoms with Crippen molar-refractivity contribution in [3.8, 4) is 0 Å². The van der Waals surface area contributed by atoms with E-state index < -0.39 is 0 Å². The average Bonchev–Trinajstić information content (AvgIpc) is 2.39. The van der Waals surface area contributed by atoms with Gasteiger partial charge in [0.25, 0.3) is 0 Å². The summed E-state index contributed by atoms with van der Waals surface area (Å²) < 4.78 is 1.10. The zero-order valence-corrected chi connectivity index (χ0v) is 14.8.